The summed E-state index contributed by atoms with van der Waals surface area (Å²) in [5, 5.41) is 22.1. The number of nitrogens with zero attached hydrogens (tertiary/aromatic N) is 4. The Kier molecular flexibility index (Phi) is 10.0. The molecule has 4 rings (SSSR count). The Balaban J connectivity index is 1.27. The smallest absolute Gasteiger partial charge is 0.406 e. The van der Waals surface area contributed by atoms with E-state index in [0.29, 0.717) is 5.56 Å². The molecule has 44 heavy (non-hydrogen) atoms. The first kappa shape index (κ1) is 31.8. The van der Waals surface area contributed by atoms with Crippen LogP contribution >= 0.6 is 0 Å². The van der Waals surface area contributed by atoms with E-state index in [-0.39, 0.29) is 37.3 Å². The summed E-state index contributed by atoms with van der Waals surface area (Å²) in [4.78, 5) is 37.1. The van der Waals surface area contributed by atoms with Crippen LogP contribution in [-0.4, -0.2) is 49.0 Å². The summed E-state index contributed by atoms with van der Waals surface area (Å²) in [6.07, 6.45) is -5.94. The number of carbonyl (C=O) groups excluding carboxylic acids is 2. The first-order valence-corrected chi connectivity index (χ1v) is 13.0. The number of hydrogen-bond acceptors (Lipinski definition) is 7. The number of nitrogens with one attached hydrogen (secondary N) is 2. The van der Waals surface area contributed by atoms with Crippen LogP contribution in [0.1, 0.15) is 34.1 Å². The summed E-state index contributed by atoms with van der Waals surface area (Å²) < 4.78 is 72.3. The fraction of sp³-hybridized carbons (Fsp3) is 0.250. The van der Waals surface area contributed by atoms with Crippen LogP contribution in [0.3, 0.4) is 0 Å². The predicted molar refractivity (Wildman–Crippen MR) is 145 cm³/mol. The molecule has 232 valence electrons. The lowest BCUT2D eigenvalue weighted by Crippen LogP contribution is -2.28. The molecule has 0 saturated carbocycles. The van der Waals surface area contributed by atoms with Crippen molar-refractivity contribution < 1.29 is 41.4 Å². The maximum atomic E-state index is 14.7. The number of aliphatic hydroxyl groups excluding tert-OH is 1. The number of amides is 2. The van der Waals surface area contributed by atoms with Crippen molar-refractivity contribution in [1.29, 1.82) is 0 Å². The molecule has 0 aliphatic carbocycles. The van der Waals surface area contributed by atoms with Crippen molar-refractivity contribution in [3.8, 4) is 5.75 Å². The molecule has 2 aromatic carbocycles. The molecule has 0 spiro atoms. The van der Waals surface area contributed by atoms with E-state index in [1.807, 2.05) is 0 Å². The van der Waals surface area contributed by atoms with Crippen molar-refractivity contribution in [1.82, 2.24) is 24.9 Å². The van der Waals surface area contributed by atoms with Crippen molar-refractivity contribution in [3.63, 3.8) is 0 Å². The number of alkyl halides is 4. The van der Waals surface area contributed by atoms with Crippen molar-refractivity contribution in [2.24, 2.45) is 0 Å². The Morgan fingerprint density at radius 3 is 2.55 bits per heavy atom. The third-order valence-corrected chi connectivity index (χ3v) is 6.15. The minimum absolute atomic E-state index is 0.145. The maximum Gasteiger partial charge on any atom is 0.573 e. The highest BCUT2D eigenvalue weighted by atomic mass is 19.4. The molecule has 0 fully saturated rings. The topological polar surface area (TPSA) is 140 Å². The number of anilines is 1. The predicted octanol–water partition coefficient (Wildman–Crippen LogP) is 3.51. The van der Waals surface area contributed by atoms with Crippen LogP contribution in [0, 0.1) is 5.82 Å². The average Bonchev–Trinajstić information content (AvgIpc) is 3.45. The van der Waals surface area contributed by atoms with E-state index < -0.39 is 53.3 Å². The van der Waals surface area contributed by atoms with Gasteiger partial charge in [0.2, 0.25) is 5.82 Å². The molecule has 0 bridgehead atoms. The van der Waals surface area contributed by atoms with Gasteiger partial charge in [-0.15, -0.1) is 18.3 Å². The Morgan fingerprint density at radius 2 is 1.82 bits per heavy atom. The molecule has 11 nitrogen and oxygen atoms in total. The third-order valence-electron chi connectivity index (χ3n) is 6.15. The quantitative estimate of drug-likeness (QED) is 0.206. The van der Waals surface area contributed by atoms with Gasteiger partial charge in [0.1, 0.15) is 11.9 Å². The normalized spacial score (nSPS) is 12.8. The van der Waals surface area contributed by atoms with Crippen LogP contribution in [0.5, 0.6) is 5.75 Å². The van der Waals surface area contributed by atoms with Crippen LogP contribution in [0.15, 0.2) is 77.9 Å². The number of ether oxygens (including phenoxy) is 1. The number of aliphatic hydroxyl groups is 1. The molecule has 2 aromatic heterocycles. The van der Waals surface area contributed by atoms with E-state index >= 15 is 0 Å². The van der Waals surface area contributed by atoms with E-state index in [4.69, 9.17) is 0 Å². The van der Waals surface area contributed by atoms with Gasteiger partial charge in [0.05, 0.1) is 18.4 Å². The molecule has 2 amide bonds. The van der Waals surface area contributed by atoms with Crippen LogP contribution in [0.2, 0.25) is 0 Å². The number of rotatable bonds is 12. The van der Waals surface area contributed by atoms with E-state index in [1.165, 1.54) is 30.5 Å². The van der Waals surface area contributed by atoms with E-state index in [9.17, 15) is 41.4 Å². The summed E-state index contributed by atoms with van der Waals surface area (Å²) >= 11 is 0. The minimum atomic E-state index is -4.86. The molecule has 0 aliphatic heterocycles. The molecule has 0 radical (unpaired) electrons. The van der Waals surface area contributed by atoms with Gasteiger partial charge in [-0.25, -0.2) is 9.07 Å². The summed E-state index contributed by atoms with van der Waals surface area (Å²) in [5.41, 5.74) is -1.13. The lowest BCUT2D eigenvalue weighted by molar-refractivity contribution is -0.274. The number of carbonyl (C=O) groups is 2. The van der Waals surface area contributed by atoms with Crippen molar-refractivity contribution >= 4 is 17.5 Å². The highest BCUT2D eigenvalue weighted by Crippen LogP contribution is 2.23. The number of aryl methyl sites for hydroxylation is 1. The van der Waals surface area contributed by atoms with Gasteiger partial charge in [-0.05, 0) is 35.7 Å². The zero-order valence-corrected chi connectivity index (χ0v) is 22.7. The summed E-state index contributed by atoms with van der Waals surface area (Å²) in [5.74, 6) is -3.39. The maximum absolute atomic E-state index is 14.7. The number of hydrogen-bond donors (Lipinski definition) is 3. The summed E-state index contributed by atoms with van der Waals surface area (Å²) in [6, 6.07) is 14.1. The average molecular weight is 621 g/mol. The number of pyridine rings is 1. The lowest BCUT2D eigenvalue weighted by atomic mass is 10.1. The molecule has 2 heterocycles. The van der Waals surface area contributed by atoms with Gasteiger partial charge >= 0.3 is 6.36 Å². The zero-order chi connectivity index (χ0) is 31.9. The third kappa shape index (κ3) is 8.70. The van der Waals surface area contributed by atoms with Gasteiger partial charge in [0.15, 0.2) is 11.8 Å². The SMILES string of the molecule is O=C(NCc1cccc(OC(F)(F)F)c1)c1cn(CC(F)CCn2ccc(NC(=O)[C@@H](O)c3ccccc3)c(F)c2=O)nn1. The minimum Gasteiger partial charge on any atom is -0.406 e. The Hall–Kier alpha value is -5.12. The highest BCUT2D eigenvalue weighted by Gasteiger charge is 2.31. The highest BCUT2D eigenvalue weighted by molar-refractivity contribution is 5.94. The summed E-state index contributed by atoms with van der Waals surface area (Å²) in [6.45, 7) is -0.718. The second-order valence-corrected chi connectivity index (χ2v) is 9.43. The van der Waals surface area contributed by atoms with Crippen molar-refractivity contribution in [2.75, 3.05) is 5.32 Å². The van der Waals surface area contributed by atoms with Gasteiger partial charge in [0.25, 0.3) is 17.4 Å². The molecule has 3 N–H and O–H groups in total. The Bertz CT molecular complexity index is 1660. The van der Waals surface area contributed by atoms with Crippen molar-refractivity contribution in [3.05, 3.63) is 106 Å². The van der Waals surface area contributed by atoms with Crippen molar-refractivity contribution in [2.45, 2.75) is 44.7 Å². The van der Waals surface area contributed by atoms with Crippen LogP contribution in [0.25, 0.3) is 0 Å². The Labute approximate surface area is 245 Å². The monoisotopic (exact) mass is 620 g/mol. The van der Waals surface area contributed by atoms with Gasteiger partial charge in [-0.2, -0.15) is 4.39 Å². The molecular weight excluding hydrogens is 595 g/mol. The largest absolute Gasteiger partial charge is 0.573 e. The van der Waals surface area contributed by atoms with Crippen LogP contribution in [0.4, 0.5) is 27.6 Å². The van der Waals surface area contributed by atoms with E-state index in [0.717, 1.165) is 33.6 Å². The second-order valence-electron chi connectivity index (χ2n) is 9.43. The lowest BCUT2D eigenvalue weighted by Gasteiger charge is -2.14. The number of benzene rings is 2. The number of aromatic nitrogens is 4. The molecular formula is C28H25F5N6O5. The first-order valence-electron chi connectivity index (χ1n) is 13.0. The number of halogens is 5. The molecule has 0 aliphatic rings. The molecule has 16 heteroatoms. The molecule has 1 unspecified atom stereocenters. The van der Waals surface area contributed by atoms with Crippen LogP contribution in [-0.2, 0) is 24.4 Å². The fourth-order valence-electron chi connectivity index (χ4n) is 4.00. The Morgan fingerprint density at radius 1 is 1.07 bits per heavy atom. The second kappa shape index (κ2) is 13.9. The molecule has 4 aromatic rings. The first-order chi connectivity index (χ1) is 20.9. The summed E-state index contributed by atoms with van der Waals surface area (Å²) in [7, 11) is 0. The fourth-order valence-corrected chi connectivity index (χ4v) is 4.00. The van der Waals surface area contributed by atoms with E-state index in [2.05, 4.69) is 25.7 Å². The zero-order valence-electron chi connectivity index (χ0n) is 22.7. The standard InChI is InChI=1S/C28H25F5N6O5/c29-19(9-11-38-12-10-21(23(30)27(38)43)35-26(42)24(40)18-6-2-1-3-7-18)15-39-16-22(36-37-39)25(41)34-14-17-5-4-8-20(13-17)44-28(31,32)33/h1-8,10,12-13,16,19,24,40H,9,11,14-15H2,(H,34,41)(H,35,42)/t19?,24-/m0/s1. The van der Waals surface area contributed by atoms with Gasteiger partial charge in [0, 0.05) is 19.3 Å². The van der Waals surface area contributed by atoms with Crippen LogP contribution < -0.4 is 20.9 Å². The molecule has 0 saturated heterocycles. The van der Waals surface area contributed by atoms with Gasteiger partial charge < -0.3 is 25.0 Å². The van der Waals surface area contributed by atoms with Gasteiger partial charge in [-0.3, -0.25) is 14.4 Å². The van der Waals surface area contributed by atoms with Gasteiger partial charge in [-0.1, -0.05) is 47.7 Å². The molecule has 2 atom stereocenters. The van der Waals surface area contributed by atoms with E-state index in [1.54, 1.807) is 18.2 Å².